The molecule has 0 unspecified atom stereocenters. The fourth-order valence-corrected chi connectivity index (χ4v) is 1.70. The van der Waals surface area contributed by atoms with Gasteiger partial charge in [0.05, 0.1) is 6.61 Å². The average molecular weight is 266 g/mol. The van der Waals surface area contributed by atoms with Gasteiger partial charge >= 0.3 is 5.97 Å². The highest BCUT2D eigenvalue weighted by Gasteiger charge is 2.46. The molecule has 106 valence electrons. The predicted molar refractivity (Wildman–Crippen MR) is 56.7 cm³/mol. The van der Waals surface area contributed by atoms with Gasteiger partial charge in [0.15, 0.2) is 12.4 Å². The molecule has 0 aromatic rings. The molecule has 4 N–H and O–H groups in total. The molecule has 0 aliphatic carbocycles. The molecule has 1 rings (SSSR count). The van der Waals surface area contributed by atoms with E-state index in [1.807, 2.05) is 0 Å². The van der Waals surface area contributed by atoms with Crippen LogP contribution in [-0.2, 0) is 19.0 Å². The zero-order chi connectivity index (χ0) is 13.9. The Kier molecular flexibility index (Phi) is 5.45. The van der Waals surface area contributed by atoms with Crippen LogP contribution in [-0.4, -0.2) is 76.9 Å². The van der Waals surface area contributed by atoms with Crippen molar-refractivity contribution in [2.75, 3.05) is 13.7 Å². The normalized spacial score (nSPS) is 38.4. The Morgan fingerprint density at radius 3 is 2.44 bits per heavy atom. The summed E-state index contributed by atoms with van der Waals surface area (Å²) in [7, 11) is 1.28. The Hall–Kier alpha value is -0.770. The van der Waals surface area contributed by atoms with E-state index in [4.69, 9.17) is 24.4 Å². The number of aliphatic hydroxyl groups is 3. The molecule has 0 bridgehead atoms. The third-order valence-corrected chi connectivity index (χ3v) is 2.76. The van der Waals surface area contributed by atoms with Gasteiger partial charge in [-0.3, -0.25) is 0 Å². The number of carbonyl (C=O) groups is 1. The van der Waals surface area contributed by atoms with Gasteiger partial charge in [-0.15, -0.1) is 0 Å². The van der Waals surface area contributed by atoms with Crippen molar-refractivity contribution in [3.63, 3.8) is 0 Å². The van der Waals surface area contributed by atoms with Crippen LogP contribution in [0.15, 0.2) is 0 Å². The Labute approximate surface area is 104 Å². The molecule has 1 aliphatic rings. The molecule has 8 heteroatoms. The average Bonchev–Trinajstić information content (AvgIpc) is 2.34. The van der Waals surface area contributed by atoms with E-state index in [0.717, 1.165) is 0 Å². The lowest BCUT2D eigenvalue weighted by Gasteiger charge is -2.41. The number of aliphatic hydroxyl groups excluding tert-OH is 3. The van der Waals surface area contributed by atoms with Crippen LogP contribution in [0.1, 0.15) is 6.92 Å². The molecule has 1 saturated heterocycles. The first-order valence-electron chi connectivity index (χ1n) is 5.45. The number of rotatable bonds is 5. The van der Waals surface area contributed by atoms with Crippen molar-refractivity contribution in [2.45, 2.75) is 43.7 Å². The molecular formula is C10H18O8. The van der Waals surface area contributed by atoms with E-state index in [1.54, 1.807) is 0 Å². The SMILES string of the molecule is CO[C@H]1O[C@H](CO)[C@@H](O)[C@H](O[C@@H](C)C(=O)O)[C@H]1O. The highest BCUT2D eigenvalue weighted by Crippen LogP contribution is 2.24. The number of methoxy groups -OCH3 is 1. The maximum absolute atomic E-state index is 10.7. The standard InChI is InChI=1S/C10H18O8/c1-4(9(14)15)17-8-6(12)5(3-11)18-10(16-2)7(8)13/h4-8,10-13H,3H2,1-2H3,(H,14,15)/t4-,5+,6+,7+,8-,10-/m0/s1. The summed E-state index contributed by atoms with van der Waals surface area (Å²) in [5.41, 5.74) is 0. The fourth-order valence-electron chi connectivity index (χ4n) is 1.70. The quantitative estimate of drug-likeness (QED) is 0.447. The number of aliphatic carboxylic acids is 1. The van der Waals surface area contributed by atoms with Crippen molar-refractivity contribution < 1.29 is 39.4 Å². The smallest absolute Gasteiger partial charge is 0.332 e. The van der Waals surface area contributed by atoms with Gasteiger partial charge in [0, 0.05) is 7.11 Å². The second kappa shape index (κ2) is 6.41. The molecule has 0 radical (unpaired) electrons. The molecule has 0 saturated carbocycles. The van der Waals surface area contributed by atoms with E-state index in [-0.39, 0.29) is 0 Å². The Bertz CT molecular complexity index is 267. The molecule has 0 spiro atoms. The van der Waals surface area contributed by atoms with Crippen LogP contribution in [0.3, 0.4) is 0 Å². The van der Waals surface area contributed by atoms with Gasteiger partial charge in [0.25, 0.3) is 0 Å². The van der Waals surface area contributed by atoms with Crippen LogP contribution in [0.4, 0.5) is 0 Å². The van der Waals surface area contributed by atoms with Crippen molar-refractivity contribution in [1.29, 1.82) is 0 Å². The molecule has 8 nitrogen and oxygen atoms in total. The summed E-state index contributed by atoms with van der Waals surface area (Å²) in [4.78, 5) is 10.7. The van der Waals surface area contributed by atoms with Gasteiger partial charge in [-0.2, -0.15) is 0 Å². The zero-order valence-electron chi connectivity index (χ0n) is 10.1. The van der Waals surface area contributed by atoms with Gasteiger partial charge in [0.2, 0.25) is 0 Å². The summed E-state index contributed by atoms with van der Waals surface area (Å²) in [6.07, 6.45) is -7.24. The van der Waals surface area contributed by atoms with Crippen LogP contribution >= 0.6 is 0 Å². The molecule has 6 atom stereocenters. The highest BCUT2D eigenvalue weighted by molar-refractivity contribution is 5.71. The minimum absolute atomic E-state index is 0.505. The first-order chi connectivity index (χ1) is 8.42. The van der Waals surface area contributed by atoms with Gasteiger partial charge in [-0.05, 0) is 6.92 Å². The second-order valence-corrected chi connectivity index (χ2v) is 4.02. The number of carboxylic acids is 1. The fraction of sp³-hybridized carbons (Fsp3) is 0.900. The summed E-state index contributed by atoms with van der Waals surface area (Å²) >= 11 is 0. The molecule has 0 aromatic heterocycles. The van der Waals surface area contributed by atoms with Crippen molar-refractivity contribution >= 4 is 5.97 Å². The molecule has 0 aromatic carbocycles. The van der Waals surface area contributed by atoms with Crippen molar-refractivity contribution in [3.8, 4) is 0 Å². The van der Waals surface area contributed by atoms with E-state index in [0.29, 0.717) is 0 Å². The van der Waals surface area contributed by atoms with Crippen molar-refractivity contribution in [1.82, 2.24) is 0 Å². The number of ether oxygens (including phenoxy) is 3. The summed E-state index contributed by atoms with van der Waals surface area (Å²) in [6, 6.07) is 0. The van der Waals surface area contributed by atoms with E-state index in [9.17, 15) is 15.0 Å². The summed E-state index contributed by atoms with van der Waals surface area (Å²) in [5, 5.41) is 37.4. The molecule has 1 fully saturated rings. The van der Waals surface area contributed by atoms with Crippen LogP contribution in [0.2, 0.25) is 0 Å². The van der Waals surface area contributed by atoms with Crippen LogP contribution < -0.4 is 0 Å². The summed E-state index contributed by atoms with van der Waals surface area (Å²) < 4.78 is 15.0. The first-order valence-corrected chi connectivity index (χ1v) is 5.45. The van der Waals surface area contributed by atoms with E-state index in [1.165, 1.54) is 14.0 Å². The minimum Gasteiger partial charge on any atom is -0.479 e. The lowest BCUT2D eigenvalue weighted by atomic mass is 9.99. The van der Waals surface area contributed by atoms with Gasteiger partial charge < -0.3 is 34.6 Å². The van der Waals surface area contributed by atoms with E-state index >= 15 is 0 Å². The van der Waals surface area contributed by atoms with Gasteiger partial charge in [-0.25, -0.2) is 4.79 Å². The Morgan fingerprint density at radius 1 is 1.39 bits per heavy atom. The van der Waals surface area contributed by atoms with E-state index in [2.05, 4.69) is 0 Å². The largest absolute Gasteiger partial charge is 0.479 e. The zero-order valence-corrected chi connectivity index (χ0v) is 10.1. The highest BCUT2D eigenvalue weighted by atomic mass is 16.7. The molecular weight excluding hydrogens is 248 g/mol. The van der Waals surface area contributed by atoms with Gasteiger partial charge in [0.1, 0.15) is 24.4 Å². The third kappa shape index (κ3) is 3.16. The second-order valence-electron chi connectivity index (χ2n) is 4.02. The lowest BCUT2D eigenvalue weighted by molar-refractivity contribution is -0.305. The minimum atomic E-state index is -1.35. The monoisotopic (exact) mass is 266 g/mol. The maximum atomic E-state index is 10.7. The lowest BCUT2D eigenvalue weighted by Crippen LogP contribution is -2.60. The van der Waals surface area contributed by atoms with Crippen LogP contribution in [0.25, 0.3) is 0 Å². The first kappa shape index (κ1) is 15.3. The van der Waals surface area contributed by atoms with E-state index < -0.39 is 49.4 Å². The van der Waals surface area contributed by atoms with Crippen molar-refractivity contribution in [3.05, 3.63) is 0 Å². The van der Waals surface area contributed by atoms with Crippen molar-refractivity contribution in [2.24, 2.45) is 0 Å². The number of hydrogen-bond acceptors (Lipinski definition) is 7. The Balaban J connectivity index is 2.79. The topological polar surface area (TPSA) is 126 Å². The molecule has 1 heterocycles. The third-order valence-electron chi connectivity index (χ3n) is 2.76. The maximum Gasteiger partial charge on any atom is 0.332 e. The number of carboxylic acid groups (broad SMARTS) is 1. The Morgan fingerprint density at radius 2 is 2.00 bits per heavy atom. The van der Waals surface area contributed by atoms with Crippen LogP contribution in [0, 0.1) is 0 Å². The molecule has 1 aliphatic heterocycles. The summed E-state index contributed by atoms with van der Waals surface area (Å²) in [5.74, 6) is -1.23. The molecule has 18 heavy (non-hydrogen) atoms. The van der Waals surface area contributed by atoms with Crippen LogP contribution in [0.5, 0.6) is 0 Å². The summed E-state index contributed by atoms with van der Waals surface area (Å²) in [6.45, 7) is 0.766. The molecule has 0 amide bonds. The number of hydrogen-bond donors (Lipinski definition) is 4. The predicted octanol–water partition coefficient (Wildman–Crippen LogP) is -2.07. The van der Waals surface area contributed by atoms with Gasteiger partial charge in [-0.1, -0.05) is 0 Å².